The molecule has 2 aliphatic heterocycles. The van der Waals surface area contributed by atoms with E-state index in [2.05, 4.69) is 178 Å². The zero-order chi connectivity index (χ0) is 60.1. The molecule has 0 amide bonds. The van der Waals surface area contributed by atoms with E-state index in [1.165, 1.54) is 4.90 Å². The van der Waals surface area contributed by atoms with Crippen LogP contribution >= 0.6 is 0 Å². The summed E-state index contributed by atoms with van der Waals surface area (Å²) < 4.78 is 129. The van der Waals surface area contributed by atoms with Crippen molar-refractivity contribution in [2.24, 2.45) is 0 Å². The van der Waals surface area contributed by atoms with Gasteiger partial charge in [0.1, 0.15) is 0 Å². The second-order valence-corrected chi connectivity index (χ2v) is 22.2. The SMILES string of the molecule is [2H]c1c([2H])c([2H])c(-c2c([2H])c([2H])c([2H])c([2H])c2N(c2cc3c4c(c2)N(c2ccc(C(C)(C)C)cc2)c2ccc(C(C)(C)C)cc2B4c2cc(C(C)(C)C)ccc2N3c2ccc(C(C)(C)C)cc2)c2c([2H])c([2H])c([2H])c([2H])c2[2H])c([2H])c1[2H]. The summed E-state index contributed by atoms with van der Waals surface area (Å²) in [5.74, 6) is 0. The van der Waals surface area contributed by atoms with E-state index in [-0.39, 0.29) is 27.3 Å². The minimum Gasteiger partial charge on any atom is -0.311 e. The van der Waals surface area contributed by atoms with Crippen LogP contribution in [0.15, 0.2) is 182 Å². The Morgan fingerprint density at radius 1 is 0.397 bits per heavy atom. The quantitative estimate of drug-likeness (QED) is 0.154. The van der Waals surface area contributed by atoms with Gasteiger partial charge in [0.15, 0.2) is 0 Å². The maximum atomic E-state index is 9.93. The van der Waals surface area contributed by atoms with Gasteiger partial charge in [-0.15, -0.1) is 0 Å². The van der Waals surface area contributed by atoms with Crippen molar-refractivity contribution < 1.29 is 19.2 Å². The van der Waals surface area contributed by atoms with E-state index in [1.54, 1.807) is 0 Å². The molecular weight excluding hydrogens is 822 g/mol. The third kappa shape index (κ3) is 8.02. The first-order valence-electron chi connectivity index (χ1n) is 30.4. The molecule has 0 fully saturated rings. The molecule has 68 heavy (non-hydrogen) atoms. The summed E-state index contributed by atoms with van der Waals surface area (Å²) in [7, 11) is 0. The molecule has 0 aliphatic carbocycles. The molecule has 10 rings (SSSR count). The zero-order valence-corrected chi connectivity index (χ0v) is 41.2. The Labute approximate surface area is 426 Å². The second-order valence-electron chi connectivity index (χ2n) is 22.2. The molecule has 2 heterocycles. The molecule has 340 valence electrons. The molecule has 0 aromatic heterocycles. The maximum absolute atomic E-state index is 9.93. The summed E-state index contributed by atoms with van der Waals surface area (Å²) in [6, 6.07) is 22.9. The average Bonchev–Trinajstić information content (AvgIpc) is 0.909. The lowest BCUT2D eigenvalue weighted by atomic mass is 9.33. The van der Waals surface area contributed by atoms with Gasteiger partial charge in [0.05, 0.1) is 30.6 Å². The smallest absolute Gasteiger partial charge is 0.252 e. The van der Waals surface area contributed by atoms with Crippen molar-refractivity contribution in [3.63, 3.8) is 0 Å². The van der Waals surface area contributed by atoms with E-state index < -0.39 is 114 Å². The van der Waals surface area contributed by atoms with Crippen molar-refractivity contribution in [3.05, 3.63) is 204 Å². The molecule has 0 bridgehead atoms. The van der Waals surface area contributed by atoms with E-state index in [9.17, 15) is 9.60 Å². The van der Waals surface area contributed by atoms with Gasteiger partial charge < -0.3 is 14.7 Å². The summed E-state index contributed by atoms with van der Waals surface area (Å²) in [6.07, 6.45) is 0. The lowest BCUT2D eigenvalue weighted by Gasteiger charge is -2.45. The zero-order valence-electron chi connectivity index (χ0n) is 55.2. The van der Waals surface area contributed by atoms with Gasteiger partial charge in [-0.05, 0) is 133 Å². The minimum absolute atomic E-state index is 0.0711. The first kappa shape index (κ1) is 31.3. The van der Waals surface area contributed by atoms with Crippen LogP contribution in [0, 0.1) is 0 Å². The molecule has 0 radical (unpaired) electrons. The average molecular weight is 902 g/mol. The van der Waals surface area contributed by atoms with Gasteiger partial charge in [0.25, 0.3) is 6.71 Å². The molecule has 0 atom stereocenters. The van der Waals surface area contributed by atoms with Gasteiger partial charge >= 0.3 is 0 Å². The fraction of sp³-hybridized carbons (Fsp3) is 0.250. The van der Waals surface area contributed by atoms with Gasteiger partial charge in [-0.25, -0.2) is 0 Å². The van der Waals surface area contributed by atoms with E-state index in [0.29, 0.717) is 11.4 Å². The largest absolute Gasteiger partial charge is 0.311 e. The first-order valence-corrected chi connectivity index (χ1v) is 23.4. The number of nitrogens with zero attached hydrogens (tertiary/aromatic N) is 3. The summed E-state index contributed by atoms with van der Waals surface area (Å²) in [6.45, 7) is 25.5. The highest BCUT2D eigenvalue weighted by Gasteiger charge is 2.45. The minimum atomic E-state index is -0.785. The summed E-state index contributed by atoms with van der Waals surface area (Å²) in [4.78, 5) is 5.52. The van der Waals surface area contributed by atoms with Gasteiger partial charge in [0.2, 0.25) is 0 Å². The van der Waals surface area contributed by atoms with Crippen molar-refractivity contribution >= 4 is 74.3 Å². The predicted octanol–water partition coefficient (Wildman–Crippen LogP) is 16.1. The van der Waals surface area contributed by atoms with Crippen molar-refractivity contribution in [3.8, 4) is 11.1 Å². The van der Waals surface area contributed by atoms with Gasteiger partial charge in [-0.3, -0.25) is 0 Å². The molecular formula is C64H66BN3. The Balaban J connectivity index is 1.46. The highest BCUT2D eigenvalue weighted by Crippen LogP contribution is 2.50. The Morgan fingerprint density at radius 3 is 1.24 bits per heavy atom. The van der Waals surface area contributed by atoms with Crippen molar-refractivity contribution in [2.45, 2.75) is 105 Å². The molecule has 0 spiro atoms. The van der Waals surface area contributed by atoms with Crippen LogP contribution in [0.5, 0.6) is 0 Å². The van der Waals surface area contributed by atoms with Gasteiger partial charge in [0, 0.05) is 45.4 Å². The summed E-state index contributed by atoms with van der Waals surface area (Å²) in [5, 5.41) is 0. The molecule has 8 aromatic rings. The molecule has 0 N–H and O–H groups in total. The molecule has 4 heteroatoms. The number of hydrogen-bond donors (Lipinski definition) is 0. The molecule has 0 unspecified atom stereocenters. The lowest BCUT2D eigenvalue weighted by Crippen LogP contribution is -2.61. The third-order valence-electron chi connectivity index (χ3n) is 13.4. The van der Waals surface area contributed by atoms with Crippen molar-refractivity contribution in [1.82, 2.24) is 0 Å². The fourth-order valence-corrected chi connectivity index (χ4v) is 9.59. The van der Waals surface area contributed by atoms with Crippen LogP contribution < -0.4 is 31.1 Å². The summed E-state index contributed by atoms with van der Waals surface area (Å²) >= 11 is 0. The van der Waals surface area contributed by atoms with Crippen molar-refractivity contribution in [2.75, 3.05) is 14.7 Å². The molecule has 2 aliphatic rings. The van der Waals surface area contributed by atoms with E-state index in [0.717, 1.165) is 61.4 Å². The predicted molar refractivity (Wildman–Crippen MR) is 295 cm³/mol. The van der Waals surface area contributed by atoms with Crippen LogP contribution in [-0.2, 0) is 21.7 Å². The molecule has 3 nitrogen and oxygen atoms in total. The first-order chi connectivity index (χ1) is 38.1. The van der Waals surface area contributed by atoms with Crippen LogP contribution in [0.25, 0.3) is 11.1 Å². The fourth-order valence-electron chi connectivity index (χ4n) is 9.59. The van der Waals surface area contributed by atoms with Crippen LogP contribution in [-0.4, -0.2) is 6.71 Å². The van der Waals surface area contributed by atoms with Gasteiger partial charge in [-0.2, -0.15) is 0 Å². The molecule has 0 saturated carbocycles. The van der Waals surface area contributed by atoms with E-state index >= 15 is 0 Å². The van der Waals surface area contributed by atoms with E-state index in [1.807, 2.05) is 12.1 Å². The van der Waals surface area contributed by atoms with Crippen LogP contribution in [0.1, 0.15) is 125 Å². The Morgan fingerprint density at radius 2 is 0.794 bits per heavy atom. The highest BCUT2D eigenvalue weighted by molar-refractivity contribution is 7.00. The third-order valence-corrected chi connectivity index (χ3v) is 13.4. The standard InChI is InChI=1S/C64H66BN3/c1-61(2,3)44-27-33-49(34-28-44)67-56-37-31-46(63(7,8)9)39-53(56)65-54-40-47(64(10,11)12)32-38-57(54)68(50-35-29-45(30-36-50)62(4,5)6)59-42-51(41-58(67)60(59)65)66(48-23-17-14-18-24-48)55-26-20-19-25-52(55)43-21-15-13-16-22-43/h13-42H,1-12H3/i13D,14D,15D,16D,17D,18D,19D,20D,21D,22D,23D,24D,25D,26D. The Hall–Kier alpha value is -6.78. The monoisotopic (exact) mass is 902 g/mol. The number of para-hydroxylation sites is 2. The Kier molecular flexibility index (Phi) is 7.59. The highest BCUT2D eigenvalue weighted by atomic mass is 15.2. The van der Waals surface area contributed by atoms with E-state index in [4.69, 9.17) is 9.60 Å². The van der Waals surface area contributed by atoms with Crippen molar-refractivity contribution in [1.29, 1.82) is 0 Å². The topological polar surface area (TPSA) is 9.72 Å². The summed E-state index contributed by atoms with van der Waals surface area (Å²) in [5.41, 5.74) is 8.67. The van der Waals surface area contributed by atoms with Crippen LogP contribution in [0.3, 0.4) is 0 Å². The van der Waals surface area contributed by atoms with Crippen LogP contribution in [0.4, 0.5) is 51.2 Å². The number of hydrogen-bond acceptors (Lipinski definition) is 3. The van der Waals surface area contributed by atoms with Gasteiger partial charge in [-0.1, -0.05) is 198 Å². The maximum Gasteiger partial charge on any atom is 0.252 e. The number of benzene rings is 8. The second kappa shape index (κ2) is 16.5. The number of rotatable bonds is 6. The lowest BCUT2D eigenvalue weighted by molar-refractivity contribution is 0.590. The molecule has 0 saturated heterocycles. The number of fused-ring (bicyclic) bond motifs is 4. The van der Waals surface area contributed by atoms with Crippen LogP contribution in [0.2, 0.25) is 0 Å². The number of anilines is 9. The Bertz CT molecular complexity index is 3780. The normalized spacial score (nSPS) is 16.4. The molecule has 8 aromatic carbocycles.